The number of nitriles is 1. The number of carbonyl (C=O) groups excluding carboxylic acids is 1. The molecule has 0 unspecified atom stereocenters. The number of nitrogens with one attached hydrogen (secondary N) is 1. The van der Waals surface area contributed by atoms with E-state index < -0.39 is 0 Å². The van der Waals surface area contributed by atoms with E-state index in [2.05, 4.69) is 16.4 Å². The van der Waals surface area contributed by atoms with Crippen molar-refractivity contribution < 1.29 is 4.79 Å². The quantitative estimate of drug-likeness (QED) is 0.865. The molecule has 0 bridgehead atoms. The van der Waals surface area contributed by atoms with E-state index in [1.165, 1.54) is 0 Å². The minimum absolute atomic E-state index is 0.0593. The van der Waals surface area contributed by atoms with Crippen LogP contribution in [0.25, 0.3) is 0 Å². The van der Waals surface area contributed by atoms with Crippen LogP contribution in [0.15, 0.2) is 6.07 Å². The molecule has 0 saturated carbocycles. The molecule has 1 amide bonds. The lowest BCUT2D eigenvalue weighted by Crippen LogP contribution is -2.35. The van der Waals surface area contributed by atoms with Crippen LogP contribution in [0.2, 0.25) is 0 Å². The summed E-state index contributed by atoms with van der Waals surface area (Å²) in [6.45, 7) is 6.38. The third kappa shape index (κ3) is 3.20. The number of anilines is 1. The van der Waals surface area contributed by atoms with E-state index in [0.717, 1.165) is 11.4 Å². The Kier molecular flexibility index (Phi) is 4.67. The van der Waals surface area contributed by atoms with Gasteiger partial charge in [0.15, 0.2) is 0 Å². The molecule has 5 nitrogen and oxygen atoms in total. The lowest BCUT2D eigenvalue weighted by Gasteiger charge is -2.21. The highest BCUT2D eigenvalue weighted by Crippen LogP contribution is 2.21. The van der Waals surface area contributed by atoms with E-state index in [1.807, 2.05) is 19.9 Å². The Morgan fingerprint density at radius 3 is 2.78 bits per heavy atom. The minimum atomic E-state index is -0.0593. The van der Waals surface area contributed by atoms with Gasteiger partial charge in [-0.2, -0.15) is 5.26 Å². The Bertz CT molecular complexity index is 490. The van der Waals surface area contributed by atoms with Gasteiger partial charge < -0.3 is 10.2 Å². The fourth-order valence-corrected chi connectivity index (χ4v) is 1.80. The van der Waals surface area contributed by atoms with Crippen molar-refractivity contribution in [1.29, 1.82) is 5.26 Å². The van der Waals surface area contributed by atoms with E-state index in [4.69, 9.17) is 5.26 Å². The zero-order valence-corrected chi connectivity index (χ0v) is 11.2. The van der Waals surface area contributed by atoms with Crippen LogP contribution in [-0.4, -0.2) is 31.0 Å². The highest BCUT2D eigenvalue weighted by atomic mass is 16.2. The summed E-state index contributed by atoms with van der Waals surface area (Å²) in [5.41, 5.74) is 2.79. The van der Waals surface area contributed by atoms with Crippen molar-refractivity contribution in [2.24, 2.45) is 0 Å². The molecular weight excluding hydrogens is 228 g/mol. The molecule has 18 heavy (non-hydrogen) atoms. The van der Waals surface area contributed by atoms with E-state index in [1.54, 1.807) is 18.9 Å². The van der Waals surface area contributed by atoms with Gasteiger partial charge in [0.2, 0.25) is 5.91 Å². The normalized spacial score (nSPS) is 9.72. The molecule has 1 aromatic rings. The molecule has 0 fully saturated rings. The van der Waals surface area contributed by atoms with Gasteiger partial charge in [0.05, 0.1) is 23.5 Å². The zero-order chi connectivity index (χ0) is 13.7. The SMILES string of the molecule is CCNC(=O)CN(C)c1cc(C)nc(C)c1C#N. The standard InChI is InChI=1S/C13H18N4O/c1-5-15-13(18)8-17(4)12-6-9(2)16-10(3)11(12)7-14/h6H,5,8H2,1-4H3,(H,15,18). The first-order chi connectivity index (χ1) is 8.49. The molecule has 0 aliphatic carbocycles. The fourth-order valence-electron chi connectivity index (χ4n) is 1.80. The van der Waals surface area contributed by atoms with Crippen molar-refractivity contribution in [3.63, 3.8) is 0 Å². The topological polar surface area (TPSA) is 69.0 Å². The van der Waals surface area contributed by atoms with Crippen molar-refractivity contribution in [3.05, 3.63) is 23.0 Å². The number of pyridine rings is 1. The molecule has 0 aliphatic heterocycles. The van der Waals surface area contributed by atoms with E-state index >= 15 is 0 Å². The molecule has 0 atom stereocenters. The van der Waals surface area contributed by atoms with Crippen LogP contribution in [-0.2, 0) is 4.79 Å². The Morgan fingerprint density at radius 2 is 2.22 bits per heavy atom. The number of carbonyl (C=O) groups is 1. The van der Waals surface area contributed by atoms with Gasteiger partial charge in [-0.1, -0.05) is 0 Å². The lowest BCUT2D eigenvalue weighted by atomic mass is 10.1. The fraction of sp³-hybridized carbons (Fsp3) is 0.462. The van der Waals surface area contributed by atoms with Crippen LogP contribution in [0.1, 0.15) is 23.9 Å². The van der Waals surface area contributed by atoms with Gasteiger partial charge in [0.1, 0.15) is 6.07 Å². The first-order valence-corrected chi connectivity index (χ1v) is 5.85. The lowest BCUT2D eigenvalue weighted by molar-refractivity contribution is -0.119. The predicted molar refractivity (Wildman–Crippen MR) is 70.4 cm³/mol. The smallest absolute Gasteiger partial charge is 0.239 e. The van der Waals surface area contributed by atoms with E-state index in [0.29, 0.717) is 17.8 Å². The number of rotatable bonds is 4. The zero-order valence-electron chi connectivity index (χ0n) is 11.2. The van der Waals surface area contributed by atoms with Crippen LogP contribution in [0.3, 0.4) is 0 Å². The van der Waals surface area contributed by atoms with Gasteiger partial charge >= 0.3 is 0 Å². The summed E-state index contributed by atoms with van der Waals surface area (Å²) in [6, 6.07) is 3.97. The number of aromatic nitrogens is 1. The summed E-state index contributed by atoms with van der Waals surface area (Å²) in [5, 5.41) is 11.9. The predicted octanol–water partition coefficient (Wildman–Crippen LogP) is 1.14. The van der Waals surface area contributed by atoms with E-state index in [-0.39, 0.29) is 12.5 Å². The summed E-state index contributed by atoms with van der Waals surface area (Å²) in [7, 11) is 1.80. The van der Waals surface area contributed by atoms with Crippen LogP contribution >= 0.6 is 0 Å². The number of aryl methyl sites for hydroxylation is 2. The van der Waals surface area contributed by atoms with Gasteiger partial charge in [-0.3, -0.25) is 9.78 Å². The Morgan fingerprint density at radius 1 is 1.56 bits per heavy atom. The van der Waals surface area contributed by atoms with Crippen LogP contribution in [0.5, 0.6) is 0 Å². The monoisotopic (exact) mass is 246 g/mol. The summed E-state index contributed by atoms with van der Waals surface area (Å²) < 4.78 is 0. The second-order valence-electron chi connectivity index (χ2n) is 4.16. The average Bonchev–Trinajstić information content (AvgIpc) is 2.28. The number of hydrogen-bond acceptors (Lipinski definition) is 4. The molecule has 1 aromatic heterocycles. The second kappa shape index (κ2) is 6.01. The van der Waals surface area contributed by atoms with Crippen LogP contribution in [0, 0.1) is 25.2 Å². The van der Waals surface area contributed by atoms with Crippen molar-refractivity contribution in [1.82, 2.24) is 10.3 Å². The van der Waals surface area contributed by atoms with Crippen molar-refractivity contribution >= 4 is 11.6 Å². The molecule has 0 spiro atoms. The Hall–Kier alpha value is -2.09. The van der Waals surface area contributed by atoms with Crippen LogP contribution in [0.4, 0.5) is 5.69 Å². The van der Waals surface area contributed by atoms with Crippen molar-refractivity contribution in [2.75, 3.05) is 25.0 Å². The number of hydrogen-bond donors (Lipinski definition) is 1. The van der Waals surface area contributed by atoms with Crippen molar-refractivity contribution in [3.8, 4) is 6.07 Å². The highest BCUT2D eigenvalue weighted by Gasteiger charge is 2.14. The third-order valence-corrected chi connectivity index (χ3v) is 2.59. The molecule has 0 aromatic carbocycles. The van der Waals surface area contributed by atoms with Gasteiger partial charge in [-0.05, 0) is 26.8 Å². The maximum absolute atomic E-state index is 11.5. The van der Waals surface area contributed by atoms with Gasteiger partial charge in [0, 0.05) is 19.3 Å². The summed E-state index contributed by atoms with van der Waals surface area (Å²) in [5.74, 6) is -0.0593. The summed E-state index contributed by atoms with van der Waals surface area (Å²) >= 11 is 0. The molecule has 0 radical (unpaired) electrons. The van der Waals surface area contributed by atoms with Crippen molar-refractivity contribution in [2.45, 2.75) is 20.8 Å². The van der Waals surface area contributed by atoms with Gasteiger partial charge in [-0.25, -0.2) is 0 Å². The first-order valence-electron chi connectivity index (χ1n) is 5.85. The molecule has 0 saturated heterocycles. The maximum Gasteiger partial charge on any atom is 0.239 e. The number of amides is 1. The molecule has 1 rings (SSSR count). The Labute approximate surface area is 107 Å². The van der Waals surface area contributed by atoms with E-state index in [9.17, 15) is 4.79 Å². The minimum Gasteiger partial charge on any atom is -0.364 e. The van der Waals surface area contributed by atoms with Gasteiger partial charge in [0.25, 0.3) is 0 Å². The molecule has 1 heterocycles. The summed E-state index contributed by atoms with van der Waals surface area (Å²) in [4.78, 5) is 17.6. The second-order valence-corrected chi connectivity index (χ2v) is 4.16. The molecule has 5 heteroatoms. The van der Waals surface area contributed by atoms with Crippen LogP contribution < -0.4 is 10.2 Å². The number of nitrogens with zero attached hydrogens (tertiary/aromatic N) is 3. The number of likely N-dealkylation sites (N-methyl/N-ethyl adjacent to an activating group) is 2. The molecular formula is C13H18N4O. The molecule has 0 aliphatic rings. The first kappa shape index (κ1) is 14.0. The molecule has 96 valence electrons. The Balaban J connectivity index is 3.02. The average molecular weight is 246 g/mol. The maximum atomic E-state index is 11.5. The molecule has 1 N–H and O–H groups in total. The largest absolute Gasteiger partial charge is 0.364 e. The third-order valence-electron chi connectivity index (χ3n) is 2.59. The highest BCUT2D eigenvalue weighted by molar-refractivity contribution is 5.81. The summed E-state index contributed by atoms with van der Waals surface area (Å²) in [6.07, 6.45) is 0. The van der Waals surface area contributed by atoms with Gasteiger partial charge in [-0.15, -0.1) is 0 Å².